The minimum Gasteiger partial charge on any atom is -0.358 e. The summed E-state index contributed by atoms with van der Waals surface area (Å²) in [5.41, 5.74) is 0.897. The van der Waals surface area contributed by atoms with Crippen molar-refractivity contribution in [1.82, 2.24) is 24.5 Å². The van der Waals surface area contributed by atoms with Crippen molar-refractivity contribution in [3.05, 3.63) is 34.0 Å². The smallest absolute Gasteiger partial charge is 0.342 e. The van der Waals surface area contributed by atoms with Gasteiger partial charge in [0.1, 0.15) is 12.7 Å². The lowest BCUT2D eigenvalue weighted by atomic mass is 10.4. The normalized spacial score (nSPS) is 10.8. The standard InChI is InChI=1S/C10H13BrN6O2/c1-8-12-6-10(17(18)19)16(8)5-4-15-7-9(2-3-11)13-14-15/h6-7H,2-5H2,1H3. The third-order valence-corrected chi connectivity index (χ3v) is 3.11. The van der Waals surface area contributed by atoms with Gasteiger partial charge in [-0.2, -0.15) is 0 Å². The first-order valence-electron chi connectivity index (χ1n) is 5.73. The summed E-state index contributed by atoms with van der Waals surface area (Å²) in [6.45, 7) is 2.71. The van der Waals surface area contributed by atoms with E-state index < -0.39 is 4.92 Å². The number of alkyl halides is 1. The third kappa shape index (κ3) is 3.16. The molecule has 19 heavy (non-hydrogen) atoms. The molecule has 0 aliphatic heterocycles. The van der Waals surface area contributed by atoms with Gasteiger partial charge in [-0.25, -0.2) is 14.2 Å². The lowest BCUT2D eigenvalue weighted by Crippen LogP contribution is -2.11. The van der Waals surface area contributed by atoms with Gasteiger partial charge < -0.3 is 10.1 Å². The molecule has 0 bridgehead atoms. The molecule has 2 aromatic heterocycles. The van der Waals surface area contributed by atoms with E-state index in [1.807, 2.05) is 6.20 Å². The number of rotatable bonds is 6. The summed E-state index contributed by atoms with van der Waals surface area (Å²) in [4.78, 5) is 14.4. The molecule has 2 rings (SSSR count). The van der Waals surface area contributed by atoms with E-state index in [0.29, 0.717) is 18.9 Å². The summed E-state index contributed by atoms with van der Waals surface area (Å²) in [6, 6.07) is 0. The minimum absolute atomic E-state index is 0.00158. The Morgan fingerprint density at radius 3 is 2.95 bits per heavy atom. The van der Waals surface area contributed by atoms with Crippen molar-refractivity contribution in [2.24, 2.45) is 0 Å². The number of imidazole rings is 1. The van der Waals surface area contributed by atoms with E-state index in [1.165, 1.54) is 6.20 Å². The van der Waals surface area contributed by atoms with Gasteiger partial charge >= 0.3 is 5.82 Å². The third-order valence-electron chi connectivity index (χ3n) is 2.71. The SMILES string of the molecule is Cc1ncc([N+](=O)[O-])n1CCn1cc(CCBr)nn1. The fourth-order valence-electron chi connectivity index (χ4n) is 1.74. The van der Waals surface area contributed by atoms with Gasteiger partial charge in [0.2, 0.25) is 0 Å². The molecule has 0 unspecified atom stereocenters. The molecule has 0 radical (unpaired) electrons. The average molecular weight is 329 g/mol. The van der Waals surface area contributed by atoms with Crippen molar-refractivity contribution in [2.45, 2.75) is 26.4 Å². The molecule has 0 aliphatic rings. The predicted molar refractivity (Wildman–Crippen MR) is 71.1 cm³/mol. The highest BCUT2D eigenvalue weighted by Gasteiger charge is 2.17. The quantitative estimate of drug-likeness (QED) is 0.453. The summed E-state index contributed by atoms with van der Waals surface area (Å²) >= 11 is 3.34. The molecular formula is C10H13BrN6O2. The van der Waals surface area contributed by atoms with Gasteiger partial charge in [-0.1, -0.05) is 21.1 Å². The summed E-state index contributed by atoms with van der Waals surface area (Å²) in [6.07, 6.45) is 3.93. The van der Waals surface area contributed by atoms with Crippen LogP contribution in [0.2, 0.25) is 0 Å². The number of nitrogens with zero attached hydrogens (tertiary/aromatic N) is 6. The molecule has 9 heteroatoms. The summed E-state index contributed by atoms with van der Waals surface area (Å²) < 4.78 is 3.24. The Hall–Kier alpha value is -1.77. The van der Waals surface area contributed by atoms with Crippen molar-refractivity contribution in [3.8, 4) is 0 Å². The highest BCUT2D eigenvalue weighted by atomic mass is 79.9. The van der Waals surface area contributed by atoms with Crippen LogP contribution in [0.3, 0.4) is 0 Å². The van der Waals surface area contributed by atoms with Gasteiger partial charge in [0.25, 0.3) is 0 Å². The first-order valence-corrected chi connectivity index (χ1v) is 6.85. The van der Waals surface area contributed by atoms with Crippen LogP contribution in [0, 0.1) is 17.0 Å². The maximum absolute atomic E-state index is 10.8. The maximum atomic E-state index is 10.8. The highest BCUT2D eigenvalue weighted by Crippen LogP contribution is 2.13. The van der Waals surface area contributed by atoms with E-state index in [9.17, 15) is 10.1 Å². The van der Waals surface area contributed by atoms with E-state index >= 15 is 0 Å². The van der Waals surface area contributed by atoms with Crippen LogP contribution in [0.1, 0.15) is 11.5 Å². The fraction of sp³-hybridized carbons (Fsp3) is 0.500. The molecule has 0 amide bonds. The Morgan fingerprint density at radius 1 is 1.47 bits per heavy atom. The Kier molecular flexibility index (Phi) is 4.25. The molecule has 0 saturated carbocycles. The zero-order valence-electron chi connectivity index (χ0n) is 10.4. The van der Waals surface area contributed by atoms with Crippen LogP contribution in [0.5, 0.6) is 0 Å². The van der Waals surface area contributed by atoms with Crippen molar-refractivity contribution in [2.75, 3.05) is 5.33 Å². The second-order valence-electron chi connectivity index (χ2n) is 3.98. The Morgan fingerprint density at radius 2 is 2.26 bits per heavy atom. The Bertz CT molecular complexity index is 578. The van der Waals surface area contributed by atoms with Crippen LogP contribution in [0.15, 0.2) is 12.4 Å². The van der Waals surface area contributed by atoms with Crippen LogP contribution in [-0.4, -0.2) is 34.8 Å². The lowest BCUT2D eigenvalue weighted by molar-refractivity contribution is -0.392. The number of hydrogen-bond acceptors (Lipinski definition) is 5. The van der Waals surface area contributed by atoms with Crippen LogP contribution in [0.4, 0.5) is 5.82 Å². The fourth-order valence-corrected chi connectivity index (χ4v) is 2.15. The molecule has 2 heterocycles. The monoisotopic (exact) mass is 328 g/mol. The molecule has 2 aromatic rings. The van der Waals surface area contributed by atoms with Crippen molar-refractivity contribution >= 4 is 21.7 Å². The topological polar surface area (TPSA) is 91.7 Å². The van der Waals surface area contributed by atoms with E-state index in [0.717, 1.165) is 17.4 Å². The van der Waals surface area contributed by atoms with Crippen molar-refractivity contribution < 1.29 is 4.92 Å². The molecular weight excluding hydrogens is 316 g/mol. The Balaban J connectivity index is 2.05. The average Bonchev–Trinajstić information content (AvgIpc) is 2.94. The van der Waals surface area contributed by atoms with Gasteiger partial charge in [0, 0.05) is 24.9 Å². The highest BCUT2D eigenvalue weighted by molar-refractivity contribution is 9.09. The summed E-state index contributed by atoms with van der Waals surface area (Å²) in [7, 11) is 0. The lowest BCUT2D eigenvalue weighted by Gasteiger charge is -2.02. The number of nitro groups is 1. The maximum Gasteiger partial charge on any atom is 0.342 e. The van der Waals surface area contributed by atoms with Crippen LogP contribution in [-0.2, 0) is 19.5 Å². The molecule has 0 saturated heterocycles. The molecule has 0 atom stereocenters. The summed E-state index contributed by atoms with van der Waals surface area (Å²) in [5, 5.41) is 19.7. The first kappa shape index (κ1) is 13.7. The van der Waals surface area contributed by atoms with Crippen LogP contribution < -0.4 is 0 Å². The van der Waals surface area contributed by atoms with E-state index in [2.05, 4.69) is 31.2 Å². The van der Waals surface area contributed by atoms with Crippen molar-refractivity contribution in [1.29, 1.82) is 0 Å². The zero-order valence-corrected chi connectivity index (χ0v) is 11.9. The number of aromatic nitrogens is 5. The molecule has 0 fully saturated rings. The van der Waals surface area contributed by atoms with E-state index in [-0.39, 0.29) is 5.82 Å². The van der Waals surface area contributed by atoms with E-state index in [4.69, 9.17) is 0 Å². The molecule has 8 nitrogen and oxygen atoms in total. The van der Waals surface area contributed by atoms with Gasteiger partial charge in [-0.3, -0.25) is 0 Å². The molecule has 0 aromatic carbocycles. The van der Waals surface area contributed by atoms with Crippen LogP contribution in [0.25, 0.3) is 0 Å². The minimum atomic E-state index is -0.433. The van der Waals surface area contributed by atoms with Crippen molar-refractivity contribution in [3.63, 3.8) is 0 Å². The van der Waals surface area contributed by atoms with E-state index in [1.54, 1.807) is 16.2 Å². The second-order valence-corrected chi connectivity index (χ2v) is 4.78. The molecule has 0 spiro atoms. The number of aryl methyl sites for hydroxylation is 3. The number of hydrogen-bond donors (Lipinski definition) is 0. The van der Waals surface area contributed by atoms with Crippen LogP contribution >= 0.6 is 15.9 Å². The molecule has 102 valence electrons. The second kappa shape index (κ2) is 5.91. The summed E-state index contributed by atoms with van der Waals surface area (Å²) in [5.74, 6) is 0.616. The van der Waals surface area contributed by atoms with Gasteiger partial charge in [-0.05, 0) is 4.92 Å². The Labute approximate surface area is 117 Å². The zero-order chi connectivity index (χ0) is 13.8. The largest absolute Gasteiger partial charge is 0.358 e. The predicted octanol–water partition coefficient (Wildman–Crippen LogP) is 1.33. The molecule has 0 aliphatic carbocycles. The first-order chi connectivity index (χ1) is 9.11. The number of halogens is 1. The van der Waals surface area contributed by atoms with Gasteiger partial charge in [0.05, 0.1) is 12.2 Å². The van der Waals surface area contributed by atoms with Gasteiger partial charge in [0.15, 0.2) is 5.82 Å². The molecule has 0 N–H and O–H groups in total. The van der Waals surface area contributed by atoms with Gasteiger partial charge in [-0.15, -0.1) is 5.10 Å².